The van der Waals surface area contributed by atoms with E-state index in [-0.39, 0.29) is 13.2 Å². The Morgan fingerprint density at radius 2 is 1.68 bits per heavy atom. The van der Waals surface area contributed by atoms with Gasteiger partial charge in [0.1, 0.15) is 18.0 Å². The molecule has 0 radical (unpaired) electrons. The molecule has 1 atom stereocenters. The smallest absolute Gasteiger partial charge is 0.491 e. The van der Waals surface area contributed by atoms with Crippen LogP contribution in [0.1, 0.15) is 48.5 Å². The summed E-state index contributed by atoms with van der Waals surface area (Å²) in [5, 5.41) is 12.0. The minimum Gasteiger partial charge on any atom is -0.491 e. The van der Waals surface area contributed by atoms with E-state index in [1.54, 1.807) is 20.8 Å². The Bertz CT molecular complexity index is 652. The lowest BCUT2D eigenvalue weighted by Gasteiger charge is -2.32. The van der Waals surface area contributed by atoms with E-state index in [2.05, 4.69) is 5.32 Å². The largest absolute Gasteiger partial charge is 0.494 e. The van der Waals surface area contributed by atoms with Crippen LogP contribution in [0.4, 0.5) is 4.79 Å². The number of amides is 1. The summed E-state index contributed by atoms with van der Waals surface area (Å²) in [4.78, 5) is 11.8. The van der Waals surface area contributed by atoms with Crippen molar-refractivity contribution in [1.29, 1.82) is 0 Å². The Morgan fingerprint density at radius 1 is 1.14 bits per heavy atom. The molecule has 7 nitrogen and oxygen atoms in total. The van der Waals surface area contributed by atoms with Crippen LogP contribution in [0.3, 0.4) is 0 Å². The van der Waals surface area contributed by atoms with Gasteiger partial charge in [-0.25, -0.2) is 4.79 Å². The molecule has 1 saturated heterocycles. The molecule has 0 aliphatic carbocycles. The Balaban J connectivity index is 1.89. The number of hydrogen-bond donors (Lipinski definition) is 2. The van der Waals surface area contributed by atoms with Gasteiger partial charge in [0, 0.05) is 0 Å². The van der Waals surface area contributed by atoms with Crippen LogP contribution >= 0.6 is 0 Å². The number of aliphatic hydroxyl groups excluding tert-OH is 1. The molecule has 2 rings (SSSR count). The molecule has 1 aromatic carbocycles. The highest BCUT2D eigenvalue weighted by Crippen LogP contribution is 2.36. The van der Waals surface area contributed by atoms with E-state index in [0.717, 1.165) is 5.46 Å². The standard InChI is InChI=1S/C20H32BNO6/c1-18(2,3)26-17(24)22-15(12-23)13-25-16-10-8-14(9-11-16)21-27-19(4,5)20(6,7)28-21/h8-11,15,23H,12-13H2,1-7H3,(H,22,24). The van der Waals surface area contributed by atoms with E-state index in [4.69, 9.17) is 18.8 Å². The lowest BCUT2D eigenvalue weighted by molar-refractivity contribution is 0.00578. The first kappa shape index (κ1) is 22.5. The topological polar surface area (TPSA) is 86.3 Å². The van der Waals surface area contributed by atoms with Crippen molar-refractivity contribution in [2.75, 3.05) is 13.2 Å². The van der Waals surface area contributed by atoms with Crippen molar-refractivity contribution < 1.29 is 28.7 Å². The second-order valence-corrected chi connectivity index (χ2v) is 8.99. The van der Waals surface area contributed by atoms with Crippen LogP contribution in [0.5, 0.6) is 5.75 Å². The summed E-state index contributed by atoms with van der Waals surface area (Å²) in [6.07, 6.45) is -0.591. The molecule has 8 heteroatoms. The third kappa shape index (κ3) is 5.86. The van der Waals surface area contributed by atoms with Crippen LogP contribution in [-0.2, 0) is 14.0 Å². The van der Waals surface area contributed by atoms with Crippen molar-refractivity contribution in [2.45, 2.75) is 71.3 Å². The quantitative estimate of drug-likeness (QED) is 0.721. The summed E-state index contributed by atoms with van der Waals surface area (Å²) in [5.74, 6) is 0.615. The van der Waals surface area contributed by atoms with Gasteiger partial charge in [0.25, 0.3) is 0 Å². The van der Waals surface area contributed by atoms with E-state index < -0.39 is 36.1 Å². The molecule has 0 spiro atoms. The van der Waals surface area contributed by atoms with Crippen molar-refractivity contribution in [2.24, 2.45) is 0 Å². The third-order valence-corrected chi connectivity index (χ3v) is 4.80. The van der Waals surface area contributed by atoms with E-state index in [1.165, 1.54) is 0 Å². The number of nitrogens with one attached hydrogen (secondary N) is 1. The van der Waals surface area contributed by atoms with Crippen LogP contribution in [0.2, 0.25) is 0 Å². The summed E-state index contributed by atoms with van der Waals surface area (Å²) in [6.45, 7) is 13.2. The van der Waals surface area contributed by atoms with E-state index in [0.29, 0.717) is 5.75 Å². The number of carbonyl (C=O) groups is 1. The molecule has 1 fully saturated rings. The average molecular weight is 393 g/mol. The van der Waals surface area contributed by atoms with E-state index in [1.807, 2.05) is 52.0 Å². The molecule has 28 heavy (non-hydrogen) atoms. The normalized spacial score (nSPS) is 19.2. The minimum atomic E-state index is -0.603. The minimum absolute atomic E-state index is 0.117. The molecule has 0 aromatic heterocycles. The Morgan fingerprint density at radius 3 is 2.14 bits per heavy atom. The van der Waals surface area contributed by atoms with Gasteiger partial charge in [-0.1, -0.05) is 12.1 Å². The van der Waals surface area contributed by atoms with Gasteiger partial charge in [0.2, 0.25) is 0 Å². The average Bonchev–Trinajstić information content (AvgIpc) is 2.78. The van der Waals surface area contributed by atoms with E-state index in [9.17, 15) is 9.90 Å². The molecular weight excluding hydrogens is 361 g/mol. The summed E-state index contributed by atoms with van der Waals surface area (Å²) >= 11 is 0. The number of benzene rings is 1. The number of alkyl carbamates (subject to hydrolysis) is 1. The predicted molar refractivity (Wildman–Crippen MR) is 108 cm³/mol. The van der Waals surface area contributed by atoms with Crippen molar-refractivity contribution in [3.8, 4) is 5.75 Å². The first-order valence-corrected chi connectivity index (χ1v) is 9.52. The fourth-order valence-electron chi connectivity index (χ4n) is 2.51. The summed E-state index contributed by atoms with van der Waals surface area (Å²) < 4.78 is 22.9. The van der Waals surface area contributed by atoms with Gasteiger partial charge in [-0.3, -0.25) is 0 Å². The highest BCUT2D eigenvalue weighted by Gasteiger charge is 2.51. The Hall–Kier alpha value is -1.77. The predicted octanol–water partition coefficient (Wildman–Crippen LogP) is 2.25. The van der Waals surface area contributed by atoms with Crippen molar-refractivity contribution >= 4 is 18.7 Å². The first-order chi connectivity index (χ1) is 12.8. The highest BCUT2D eigenvalue weighted by atomic mass is 16.7. The lowest BCUT2D eigenvalue weighted by atomic mass is 9.79. The van der Waals surface area contributed by atoms with Gasteiger partial charge < -0.3 is 29.2 Å². The molecule has 0 saturated carbocycles. The molecule has 2 N–H and O–H groups in total. The number of ether oxygens (including phenoxy) is 2. The molecule has 1 unspecified atom stereocenters. The molecule has 0 bridgehead atoms. The maximum atomic E-state index is 11.8. The molecule has 1 amide bonds. The summed E-state index contributed by atoms with van der Waals surface area (Å²) in [7, 11) is -0.432. The van der Waals surface area contributed by atoms with Gasteiger partial charge in [0.05, 0.1) is 23.9 Å². The maximum absolute atomic E-state index is 11.8. The molecular formula is C20H32BNO6. The van der Waals surface area contributed by atoms with E-state index >= 15 is 0 Å². The second kappa shape index (κ2) is 8.31. The maximum Gasteiger partial charge on any atom is 0.494 e. The Labute approximate surface area is 167 Å². The summed E-state index contributed by atoms with van der Waals surface area (Å²) in [6, 6.07) is 6.81. The second-order valence-electron chi connectivity index (χ2n) is 8.99. The molecule has 156 valence electrons. The van der Waals surface area contributed by atoms with Crippen LogP contribution in [0.25, 0.3) is 0 Å². The highest BCUT2D eigenvalue weighted by molar-refractivity contribution is 6.62. The zero-order chi connectivity index (χ0) is 21.2. The SMILES string of the molecule is CC(C)(C)OC(=O)NC(CO)COc1ccc(B2OC(C)(C)C(C)(C)O2)cc1. The van der Waals surface area contributed by atoms with Gasteiger partial charge in [-0.2, -0.15) is 0 Å². The number of aliphatic hydroxyl groups is 1. The fraction of sp³-hybridized carbons (Fsp3) is 0.650. The zero-order valence-corrected chi connectivity index (χ0v) is 17.9. The van der Waals surface area contributed by atoms with Crippen molar-refractivity contribution in [1.82, 2.24) is 5.32 Å². The molecule has 1 aromatic rings. The molecule has 1 aliphatic rings. The van der Waals surface area contributed by atoms with Crippen LogP contribution in [0.15, 0.2) is 24.3 Å². The van der Waals surface area contributed by atoms with Gasteiger partial charge >= 0.3 is 13.2 Å². The monoisotopic (exact) mass is 393 g/mol. The first-order valence-electron chi connectivity index (χ1n) is 9.52. The van der Waals surface area contributed by atoms with Crippen molar-refractivity contribution in [3.05, 3.63) is 24.3 Å². The third-order valence-electron chi connectivity index (χ3n) is 4.80. The van der Waals surface area contributed by atoms with Crippen LogP contribution in [-0.4, -0.2) is 54.4 Å². The van der Waals surface area contributed by atoms with Crippen LogP contribution in [0, 0.1) is 0 Å². The van der Waals surface area contributed by atoms with Gasteiger partial charge in [0.15, 0.2) is 0 Å². The van der Waals surface area contributed by atoms with Gasteiger partial charge in [-0.05, 0) is 66.1 Å². The number of carbonyl (C=O) groups excluding carboxylic acids is 1. The van der Waals surface area contributed by atoms with Gasteiger partial charge in [-0.15, -0.1) is 0 Å². The Kier molecular flexibility index (Phi) is 6.68. The molecule has 1 aliphatic heterocycles. The van der Waals surface area contributed by atoms with Crippen molar-refractivity contribution in [3.63, 3.8) is 0 Å². The molecule has 1 heterocycles. The zero-order valence-electron chi connectivity index (χ0n) is 17.9. The summed E-state index contributed by atoms with van der Waals surface area (Å²) in [5.41, 5.74) is -0.492. The number of rotatable bonds is 6. The van der Waals surface area contributed by atoms with Crippen LogP contribution < -0.4 is 15.5 Å². The fourth-order valence-corrected chi connectivity index (χ4v) is 2.51. The lowest BCUT2D eigenvalue weighted by Crippen LogP contribution is -2.44. The number of hydrogen-bond acceptors (Lipinski definition) is 6.